The number of benzene rings is 1. The second-order valence-corrected chi connectivity index (χ2v) is 6.21. The molecule has 1 aromatic rings. The maximum Gasteiger partial charge on any atom is 0.407 e. The van der Waals surface area contributed by atoms with E-state index in [1.54, 1.807) is 32.9 Å². The van der Waals surface area contributed by atoms with E-state index in [9.17, 15) is 14.4 Å². The van der Waals surface area contributed by atoms with Crippen molar-refractivity contribution >= 4 is 29.5 Å². The molecule has 0 radical (unpaired) electrons. The topological polar surface area (TPSA) is 84.5 Å². The van der Waals surface area contributed by atoms with Gasteiger partial charge in [0.25, 0.3) is 11.7 Å². The Morgan fingerprint density at radius 2 is 2.04 bits per heavy atom. The van der Waals surface area contributed by atoms with Crippen LogP contribution in [0.3, 0.4) is 0 Å². The van der Waals surface area contributed by atoms with Gasteiger partial charge in [0.2, 0.25) is 0 Å². The van der Waals surface area contributed by atoms with E-state index in [1.165, 1.54) is 0 Å². The van der Waals surface area contributed by atoms with Crippen molar-refractivity contribution in [1.82, 2.24) is 5.32 Å². The van der Waals surface area contributed by atoms with E-state index in [4.69, 9.17) is 4.74 Å². The molecule has 1 aliphatic rings. The van der Waals surface area contributed by atoms with Crippen molar-refractivity contribution in [2.45, 2.75) is 32.8 Å². The van der Waals surface area contributed by atoms with Crippen molar-refractivity contribution < 1.29 is 19.1 Å². The van der Waals surface area contributed by atoms with Gasteiger partial charge in [-0.25, -0.2) is 4.79 Å². The maximum atomic E-state index is 11.6. The number of amides is 2. The van der Waals surface area contributed by atoms with E-state index in [1.807, 2.05) is 18.2 Å². The summed E-state index contributed by atoms with van der Waals surface area (Å²) >= 11 is 0. The van der Waals surface area contributed by atoms with Crippen molar-refractivity contribution in [2.24, 2.45) is 0 Å². The zero-order valence-corrected chi connectivity index (χ0v) is 13.4. The Balaban J connectivity index is 1.82. The van der Waals surface area contributed by atoms with Gasteiger partial charge in [-0.05, 0) is 44.9 Å². The molecule has 6 nitrogen and oxygen atoms in total. The standard InChI is InChI=1S/C17H20N2O4/c1-17(2,3)23-16(22)18-9-5-4-6-11-7-8-13-12(10-11)14(20)15(21)19-13/h4,6-8,10H,5,9H2,1-3H3,(H,18,22)(H,19,20,21). The summed E-state index contributed by atoms with van der Waals surface area (Å²) < 4.78 is 5.12. The van der Waals surface area contributed by atoms with Gasteiger partial charge in [0.1, 0.15) is 5.60 Å². The Labute approximate surface area is 134 Å². The quantitative estimate of drug-likeness (QED) is 0.661. The predicted octanol–water partition coefficient (Wildman–Crippen LogP) is 2.75. The molecule has 1 aliphatic heterocycles. The summed E-state index contributed by atoms with van der Waals surface area (Å²) in [5.74, 6) is -1.11. The number of ketones is 1. The van der Waals surface area contributed by atoms with E-state index in [0.29, 0.717) is 24.2 Å². The molecule has 2 rings (SSSR count). The summed E-state index contributed by atoms with van der Waals surface area (Å²) in [5.41, 5.74) is 1.25. The maximum absolute atomic E-state index is 11.6. The van der Waals surface area contributed by atoms with Gasteiger partial charge in [0.05, 0.1) is 11.3 Å². The largest absolute Gasteiger partial charge is 0.444 e. The van der Waals surface area contributed by atoms with Crippen molar-refractivity contribution in [3.8, 4) is 0 Å². The van der Waals surface area contributed by atoms with Crippen molar-refractivity contribution in [3.05, 3.63) is 35.4 Å². The van der Waals surface area contributed by atoms with Crippen LogP contribution in [-0.2, 0) is 9.53 Å². The highest BCUT2D eigenvalue weighted by atomic mass is 16.6. The van der Waals surface area contributed by atoms with Crippen LogP contribution < -0.4 is 10.6 Å². The molecule has 0 saturated heterocycles. The van der Waals surface area contributed by atoms with Gasteiger partial charge in [-0.3, -0.25) is 9.59 Å². The van der Waals surface area contributed by atoms with Crippen molar-refractivity contribution in [2.75, 3.05) is 11.9 Å². The smallest absolute Gasteiger partial charge is 0.407 e. The molecule has 6 heteroatoms. The lowest BCUT2D eigenvalue weighted by molar-refractivity contribution is -0.112. The molecule has 0 aliphatic carbocycles. The van der Waals surface area contributed by atoms with Crippen LogP contribution >= 0.6 is 0 Å². The molecule has 0 fully saturated rings. The Bertz CT molecular complexity index is 672. The Morgan fingerprint density at radius 1 is 1.30 bits per heavy atom. The van der Waals surface area contributed by atoms with Crippen LogP contribution in [-0.4, -0.2) is 29.9 Å². The highest BCUT2D eigenvalue weighted by molar-refractivity contribution is 6.51. The Hall–Kier alpha value is -2.63. The third-order valence-corrected chi connectivity index (χ3v) is 3.03. The van der Waals surface area contributed by atoms with E-state index in [0.717, 1.165) is 5.56 Å². The molecule has 2 amide bonds. The predicted molar refractivity (Wildman–Crippen MR) is 87.3 cm³/mol. The first-order valence-electron chi connectivity index (χ1n) is 7.39. The molecule has 0 unspecified atom stereocenters. The summed E-state index contributed by atoms with van der Waals surface area (Å²) in [5, 5.41) is 5.17. The summed E-state index contributed by atoms with van der Waals surface area (Å²) in [6.45, 7) is 5.87. The fourth-order valence-electron chi connectivity index (χ4n) is 2.05. The van der Waals surface area contributed by atoms with Crippen LogP contribution in [0.5, 0.6) is 0 Å². The van der Waals surface area contributed by atoms with Gasteiger partial charge >= 0.3 is 6.09 Å². The zero-order chi connectivity index (χ0) is 17.0. The summed E-state index contributed by atoms with van der Waals surface area (Å²) in [6, 6.07) is 5.19. The van der Waals surface area contributed by atoms with Gasteiger partial charge in [-0.15, -0.1) is 0 Å². The molecule has 1 heterocycles. The van der Waals surface area contributed by atoms with Gasteiger partial charge in [-0.1, -0.05) is 18.2 Å². The summed E-state index contributed by atoms with van der Waals surface area (Å²) in [6.07, 6.45) is 3.90. The van der Waals surface area contributed by atoms with Crippen LogP contribution in [0.1, 0.15) is 43.1 Å². The fraction of sp³-hybridized carbons (Fsp3) is 0.353. The number of anilines is 1. The number of carbonyl (C=O) groups is 3. The first kappa shape index (κ1) is 16.7. The van der Waals surface area contributed by atoms with Crippen LogP contribution in [0.4, 0.5) is 10.5 Å². The van der Waals surface area contributed by atoms with E-state index in [2.05, 4.69) is 10.6 Å². The lowest BCUT2D eigenvalue weighted by Gasteiger charge is -2.19. The van der Waals surface area contributed by atoms with Gasteiger partial charge in [0.15, 0.2) is 0 Å². The third kappa shape index (κ3) is 4.67. The average Bonchev–Trinajstić information content (AvgIpc) is 2.72. The monoisotopic (exact) mass is 316 g/mol. The molecule has 0 aromatic heterocycles. The Kier molecular flexibility index (Phi) is 4.83. The van der Waals surface area contributed by atoms with Gasteiger partial charge in [0, 0.05) is 6.54 Å². The Morgan fingerprint density at radius 3 is 2.74 bits per heavy atom. The van der Waals surface area contributed by atoms with E-state index < -0.39 is 23.4 Å². The molecule has 0 bridgehead atoms. The van der Waals surface area contributed by atoms with Crippen LogP contribution in [0.15, 0.2) is 24.3 Å². The number of hydrogen-bond donors (Lipinski definition) is 2. The van der Waals surface area contributed by atoms with Crippen LogP contribution in [0, 0.1) is 0 Å². The fourth-order valence-corrected chi connectivity index (χ4v) is 2.05. The first-order chi connectivity index (χ1) is 10.8. The minimum absolute atomic E-state index is 0.393. The number of Topliss-reactive ketones (excluding diaryl/α,β-unsaturated/α-hetero) is 1. The first-order valence-corrected chi connectivity index (χ1v) is 7.39. The van der Waals surface area contributed by atoms with E-state index >= 15 is 0 Å². The molecule has 0 atom stereocenters. The summed E-state index contributed by atoms with van der Waals surface area (Å²) in [4.78, 5) is 34.3. The number of rotatable bonds is 4. The zero-order valence-electron chi connectivity index (χ0n) is 13.4. The highest BCUT2D eigenvalue weighted by Crippen LogP contribution is 2.24. The molecule has 23 heavy (non-hydrogen) atoms. The highest BCUT2D eigenvalue weighted by Gasteiger charge is 2.27. The van der Waals surface area contributed by atoms with Gasteiger partial charge in [-0.2, -0.15) is 0 Å². The molecule has 1 aromatic carbocycles. The van der Waals surface area contributed by atoms with Crippen molar-refractivity contribution in [3.63, 3.8) is 0 Å². The number of alkyl carbamates (subject to hydrolysis) is 1. The van der Waals surface area contributed by atoms with Crippen LogP contribution in [0.25, 0.3) is 6.08 Å². The third-order valence-electron chi connectivity index (χ3n) is 3.03. The lowest BCUT2D eigenvalue weighted by Crippen LogP contribution is -2.32. The van der Waals surface area contributed by atoms with Crippen LogP contribution in [0.2, 0.25) is 0 Å². The number of ether oxygens (including phenoxy) is 1. The molecular weight excluding hydrogens is 296 g/mol. The molecular formula is C17H20N2O4. The summed E-state index contributed by atoms with van der Waals surface area (Å²) in [7, 11) is 0. The van der Waals surface area contributed by atoms with Crippen molar-refractivity contribution in [1.29, 1.82) is 0 Å². The second-order valence-electron chi connectivity index (χ2n) is 6.21. The second kappa shape index (κ2) is 6.64. The molecule has 0 saturated carbocycles. The van der Waals surface area contributed by atoms with E-state index in [-0.39, 0.29) is 0 Å². The normalized spacial score (nSPS) is 13.9. The minimum atomic E-state index is -0.595. The number of carbonyl (C=O) groups excluding carboxylic acids is 3. The minimum Gasteiger partial charge on any atom is -0.444 e. The number of fused-ring (bicyclic) bond motifs is 1. The molecule has 0 spiro atoms. The SMILES string of the molecule is CC(C)(C)OC(=O)NCCC=Cc1ccc2c(c1)C(=O)C(=O)N2. The average molecular weight is 316 g/mol. The lowest BCUT2D eigenvalue weighted by atomic mass is 10.1. The molecule has 2 N–H and O–H groups in total. The van der Waals surface area contributed by atoms with Gasteiger partial charge < -0.3 is 15.4 Å². The molecule has 122 valence electrons. The number of hydrogen-bond acceptors (Lipinski definition) is 4. The number of nitrogens with one attached hydrogen (secondary N) is 2.